The molecule has 0 fully saturated rings. The number of hydrogen-bond acceptors (Lipinski definition) is 2. The molecule has 0 bridgehead atoms. The predicted molar refractivity (Wildman–Crippen MR) is 87.3 cm³/mol. The molecule has 108 valence electrons. The van der Waals surface area contributed by atoms with Crippen LogP contribution in [0.15, 0.2) is 65.7 Å². The largest absolute Gasteiger partial charge is 0.285 e. The van der Waals surface area contributed by atoms with Gasteiger partial charge in [0.05, 0.1) is 19.0 Å². The van der Waals surface area contributed by atoms with Gasteiger partial charge in [0.25, 0.3) is 0 Å². The van der Waals surface area contributed by atoms with Crippen LogP contribution in [0, 0.1) is 12.3 Å². The van der Waals surface area contributed by atoms with Gasteiger partial charge in [-0.25, -0.2) is 0 Å². The van der Waals surface area contributed by atoms with Crippen LogP contribution < -0.4 is 0 Å². The molecular weight excluding hydrogens is 272 g/mol. The molecule has 3 heteroatoms. The molecule has 0 saturated carbocycles. The summed E-state index contributed by atoms with van der Waals surface area (Å²) in [5, 5.41) is 0. The third kappa shape index (κ3) is 2.77. The van der Waals surface area contributed by atoms with Crippen molar-refractivity contribution < 1.29 is 4.79 Å². The normalized spacial score (nSPS) is 17.8. The van der Waals surface area contributed by atoms with Crippen LogP contribution in [0.3, 0.4) is 0 Å². The number of terminal acetylenes is 1. The van der Waals surface area contributed by atoms with Crippen molar-refractivity contribution in [3.63, 3.8) is 0 Å². The van der Waals surface area contributed by atoms with Gasteiger partial charge in [-0.05, 0) is 5.56 Å². The van der Waals surface area contributed by atoms with E-state index in [1.54, 1.807) is 4.90 Å². The van der Waals surface area contributed by atoms with Gasteiger partial charge in [0.1, 0.15) is 5.84 Å². The molecule has 0 saturated heterocycles. The molecule has 0 radical (unpaired) electrons. The van der Waals surface area contributed by atoms with Gasteiger partial charge >= 0.3 is 0 Å². The van der Waals surface area contributed by atoms with Gasteiger partial charge in [0.15, 0.2) is 0 Å². The van der Waals surface area contributed by atoms with Crippen LogP contribution in [0.4, 0.5) is 0 Å². The quantitative estimate of drug-likeness (QED) is 0.799. The number of amides is 1. The van der Waals surface area contributed by atoms with E-state index >= 15 is 0 Å². The molecule has 2 aromatic rings. The van der Waals surface area contributed by atoms with E-state index in [1.807, 2.05) is 60.7 Å². The number of hydrogen-bond donors (Lipinski definition) is 0. The van der Waals surface area contributed by atoms with Crippen molar-refractivity contribution in [1.29, 1.82) is 0 Å². The van der Waals surface area contributed by atoms with Crippen molar-refractivity contribution in [2.75, 3.05) is 6.54 Å². The lowest BCUT2D eigenvalue weighted by Gasteiger charge is -2.30. The summed E-state index contributed by atoms with van der Waals surface area (Å²) in [5.41, 5.74) is 1.95. The van der Waals surface area contributed by atoms with E-state index in [2.05, 4.69) is 5.92 Å². The average Bonchev–Trinajstić information content (AvgIpc) is 2.58. The Morgan fingerprint density at radius 2 is 1.73 bits per heavy atom. The molecule has 1 aliphatic rings. The average molecular weight is 288 g/mol. The Bertz CT molecular complexity index is 729. The Balaban J connectivity index is 2.05. The highest BCUT2D eigenvalue weighted by atomic mass is 16.2. The Labute approximate surface area is 130 Å². The summed E-state index contributed by atoms with van der Waals surface area (Å²) in [7, 11) is 0. The van der Waals surface area contributed by atoms with E-state index < -0.39 is 0 Å². The Morgan fingerprint density at radius 1 is 1.09 bits per heavy atom. The minimum absolute atomic E-state index is 0.0145. The lowest BCUT2D eigenvalue weighted by molar-refractivity contribution is -0.127. The molecule has 0 N–H and O–H groups in total. The molecule has 0 aliphatic carbocycles. The molecule has 22 heavy (non-hydrogen) atoms. The first-order chi connectivity index (χ1) is 10.8. The zero-order chi connectivity index (χ0) is 15.4. The summed E-state index contributed by atoms with van der Waals surface area (Å²) in [5.74, 6) is 3.22. The number of amidine groups is 1. The summed E-state index contributed by atoms with van der Waals surface area (Å²) >= 11 is 0. The van der Waals surface area contributed by atoms with E-state index in [0.29, 0.717) is 12.3 Å². The summed E-state index contributed by atoms with van der Waals surface area (Å²) in [6.07, 6.45) is 5.76. The maximum atomic E-state index is 12.5. The molecule has 3 nitrogen and oxygen atoms in total. The first kappa shape index (κ1) is 14.1. The number of rotatable bonds is 3. The fraction of sp³-hybridized carbons (Fsp3) is 0.158. The molecule has 0 spiro atoms. The number of nitrogens with zero attached hydrogens (tertiary/aromatic N) is 2. The molecule has 1 heterocycles. The monoisotopic (exact) mass is 288 g/mol. The van der Waals surface area contributed by atoms with Crippen molar-refractivity contribution in [1.82, 2.24) is 4.90 Å². The summed E-state index contributed by atoms with van der Waals surface area (Å²) in [6.45, 7) is 0.244. The van der Waals surface area contributed by atoms with E-state index in [-0.39, 0.29) is 18.5 Å². The second-order valence-electron chi connectivity index (χ2n) is 5.13. The molecule has 1 unspecified atom stereocenters. The van der Waals surface area contributed by atoms with Crippen LogP contribution in [0.25, 0.3) is 0 Å². The number of carbonyl (C=O) groups is 1. The number of benzene rings is 2. The van der Waals surface area contributed by atoms with E-state index in [9.17, 15) is 4.79 Å². The van der Waals surface area contributed by atoms with Crippen LogP contribution in [-0.2, 0) is 4.79 Å². The van der Waals surface area contributed by atoms with Gasteiger partial charge in [-0.3, -0.25) is 14.7 Å². The van der Waals surface area contributed by atoms with Gasteiger partial charge in [0, 0.05) is 5.56 Å². The van der Waals surface area contributed by atoms with Crippen LogP contribution in [0.2, 0.25) is 0 Å². The van der Waals surface area contributed by atoms with Gasteiger partial charge in [-0.2, -0.15) is 0 Å². The van der Waals surface area contributed by atoms with Crippen molar-refractivity contribution in [3.8, 4) is 12.3 Å². The van der Waals surface area contributed by atoms with Crippen LogP contribution in [-0.4, -0.2) is 23.2 Å². The molecule has 1 aliphatic heterocycles. The van der Waals surface area contributed by atoms with Crippen molar-refractivity contribution in [2.24, 2.45) is 4.99 Å². The van der Waals surface area contributed by atoms with Crippen LogP contribution >= 0.6 is 0 Å². The lowest BCUT2D eigenvalue weighted by Crippen LogP contribution is -2.41. The third-order valence-electron chi connectivity index (χ3n) is 3.67. The minimum Gasteiger partial charge on any atom is -0.285 e. The van der Waals surface area contributed by atoms with Gasteiger partial charge < -0.3 is 0 Å². The van der Waals surface area contributed by atoms with Crippen molar-refractivity contribution >= 4 is 11.7 Å². The maximum absolute atomic E-state index is 12.5. The van der Waals surface area contributed by atoms with E-state index in [1.165, 1.54) is 0 Å². The van der Waals surface area contributed by atoms with Crippen molar-refractivity contribution in [2.45, 2.75) is 12.5 Å². The molecule has 2 aromatic carbocycles. The van der Waals surface area contributed by atoms with Gasteiger partial charge in [0.2, 0.25) is 5.91 Å². The van der Waals surface area contributed by atoms with Crippen molar-refractivity contribution in [3.05, 3.63) is 71.8 Å². The highest BCUT2D eigenvalue weighted by Crippen LogP contribution is 2.28. The Hall–Kier alpha value is -2.86. The summed E-state index contributed by atoms with van der Waals surface area (Å²) in [4.78, 5) is 18.9. The maximum Gasteiger partial charge on any atom is 0.231 e. The number of aliphatic imine (C=N–C) groups is 1. The Kier molecular flexibility index (Phi) is 4.02. The standard InChI is InChI=1S/C19H16N2O/c1-2-13-21-18(22)14-17(15-9-5-3-6-10-15)20-19(21)16-11-7-4-8-12-16/h1,3-12,17H,13-14H2. The smallest absolute Gasteiger partial charge is 0.231 e. The minimum atomic E-state index is -0.155. The zero-order valence-electron chi connectivity index (χ0n) is 12.1. The predicted octanol–water partition coefficient (Wildman–Crippen LogP) is 3.04. The van der Waals surface area contributed by atoms with Gasteiger partial charge in [-0.1, -0.05) is 66.6 Å². The highest BCUT2D eigenvalue weighted by Gasteiger charge is 2.29. The van der Waals surface area contributed by atoms with E-state index in [4.69, 9.17) is 11.4 Å². The SMILES string of the molecule is C#CCN1C(=O)CC(c2ccccc2)N=C1c1ccccc1. The topological polar surface area (TPSA) is 32.7 Å². The fourth-order valence-corrected chi connectivity index (χ4v) is 2.60. The summed E-state index contributed by atoms with van der Waals surface area (Å²) in [6, 6.07) is 19.4. The summed E-state index contributed by atoms with van der Waals surface area (Å²) < 4.78 is 0. The second kappa shape index (κ2) is 6.28. The molecule has 1 amide bonds. The molecule has 0 aromatic heterocycles. The molecular formula is C19H16N2O. The zero-order valence-corrected chi connectivity index (χ0v) is 12.1. The molecule has 1 atom stereocenters. The van der Waals surface area contributed by atoms with Crippen LogP contribution in [0.1, 0.15) is 23.6 Å². The Morgan fingerprint density at radius 3 is 2.36 bits per heavy atom. The third-order valence-corrected chi connectivity index (χ3v) is 3.67. The van der Waals surface area contributed by atoms with E-state index in [0.717, 1.165) is 11.1 Å². The number of carbonyl (C=O) groups excluding carboxylic acids is 1. The van der Waals surface area contributed by atoms with Crippen LogP contribution in [0.5, 0.6) is 0 Å². The fourth-order valence-electron chi connectivity index (χ4n) is 2.60. The first-order valence-electron chi connectivity index (χ1n) is 7.21. The lowest BCUT2D eigenvalue weighted by atomic mass is 10.0. The first-order valence-corrected chi connectivity index (χ1v) is 7.21. The molecule has 3 rings (SSSR count). The van der Waals surface area contributed by atoms with Gasteiger partial charge in [-0.15, -0.1) is 6.42 Å². The highest BCUT2D eigenvalue weighted by molar-refractivity contribution is 6.09. The second-order valence-corrected chi connectivity index (χ2v) is 5.13.